The summed E-state index contributed by atoms with van der Waals surface area (Å²) in [6.45, 7) is 0. The van der Waals surface area contributed by atoms with Crippen molar-refractivity contribution < 1.29 is 14.3 Å². The Hall–Kier alpha value is -1.29. The summed E-state index contributed by atoms with van der Waals surface area (Å²) in [5, 5.41) is 0. The molecule has 0 radical (unpaired) electrons. The number of carbonyl (C=O) groups is 1. The maximum Gasteiger partial charge on any atom is 0.213 e. The molecule has 14 heavy (non-hydrogen) atoms. The molecular weight excluding hydrogens is 206 g/mol. The molecule has 0 aliphatic rings. The van der Waals surface area contributed by atoms with Crippen LogP contribution in [0, 0.1) is 0 Å². The normalized spacial score (nSPS) is 9.64. The minimum Gasteiger partial charge on any atom is -0.494 e. The molecule has 0 spiro atoms. The number of hydrogen-bond donors (Lipinski definition) is 0. The van der Waals surface area contributed by atoms with Gasteiger partial charge in [-0.2, -0.15) is 0 Å². The zero-order valence-electron chi connectivity index (χ0n) is 7.91. The van der Waals surface area contributed by atoms with Gasteiger partial charge in [-0.05, 0) is 0 Å². The Morgan fingerprint density at radius 1 is 1.50 bits per heavy atom. The van der Waals surface area contributed by atoms with Gasteiger partial charge in [-0.1, -0.05) is 0 Å². The van der Waals surface area contributed by atoms with Crippen molar-refractivity contribution >= 4 is 17.4 Å². The molecule has 4 nitrogen and oxygen atoms in total. The molecule has 0 amide bonds. The lowest BCUT2D eigenvalue weighted by molar-refractivity contribution is 0.101. The van der Waals surface area contributed by atoms with Gasteiger partial charge >= 0.3 is 0 Å². The third-order valence-electron chi connectivity index (χ3n) is 1.69. The fourth-order valence-corrected chi connectivity index (χ4v) is 1.13. The van der Waals surface area contributed by atoms with E-state index in [0.717, 1.165) is 0 Å². The Balaban J connectivity index is 3.14. The van der Waals surface area contributed by atoms with Gasteiger partial charge in [-0.3, -0.25) is 4.79 Å². The topological polar surface area (TPSA) is 48.4 Å². The van der Waals surface area contributed by atoms with Crippen molar-refractivity contribution in [2.24, 2.45) is 0 Å². The molecule has 0 aliphatic heterocycles. The van der Waals surface area contributed by atoms with E-state index in [1.165, 1.54) is 26.5 Å². The molecule has 0 saturated carbocycles. The maximum absolute atomic E-state index is 11.4. The van der Waals surface area contributed by atoms with Crippen LogP contribution < -0.4 is 9.47 Å². The lowest BCUT2D eigenvalue weighted by atomic mass is 10.2. The molecule has 0 saturated heterocycles. The van der Waals surface area contributed by atoms with E-state index in [1.54, 1.807) is 0 Å². The second kappa shape index (κ2) is 4.81. The van der Waals surface area contributed by atoms with Crippen LogP contribution in [0.25, 0.3) is 0 Å². The van der Waals surface area contributed by atoms with E-state index < -0.39 is 0 Å². The van der Waals surface area contributed by atoms with Gasteiger partial charge in [0.15, 0.2) is 5.78 Å². The maximum atomic E-state index is 11.4. The molecule has 0 aromatic carbocycles. The van der Waals surface area contributed by atoms with E-state index in [9.17, 15) is 4.79 Å². The van der Waals surface area contributed by atoms with Crippen LogP contribution in [0.3, 0.4) is 0 Å². The van der Waals surface area contributed by atoms with Crippen LogP contribution in [0.1, 0.15) is 10.4 Å². The molecule has 1 rings (SSSR count). The van der Waals surface area contributed by atoms with Gasteiger partial charge in [0, 0.05) is 6.07 Å². The molecule has 76 valence electrons. The summed E-state index contributed by atoms with van der Waals surface area (Å²) < 4.78 is 9.86. The van der Waals surface area contributed by atoms with Gasteiger partial charge in [0.05, 0.1) is 31.9 Å². The van der Waals surface area contributed by atoms with E-state index in [0.29, 0.717) is 17.2 Å². The summed E-state index contributed by atoms with van der Waals surface area (Å²) in [7, 11) is 2.94. The zero-order chi connectivity index (χ0) is 10.6. The molecule has 0 N–H and O–H groups in total. The average molecular weight is 216 g/mol. The lowest BCUT2D eigenvalue weighted by Crippen LogP contribution is -2.04. The first kappa shape index (κ1) is 10.8. The number of rotatable bonds is 4. The smallest absolute Gasteiger partial charge is 0.213 e. The van der Waals surface area contributed by atoms with E-state index in [-0.39, 0.29) is 11.7 Å². The van der Waals surface area contributed by atoms with Gasteiger partial charge in [-0.15, -0.1) is 11.6 Å². The Bertz CT molecular complexity index is 341. The molecule has 0 fully saturated rings. The Kier molecular flexibility index (Phi) is 3.71. The van der Waals surface area contributed by atoms with Crippen LogP contribution in [-0.2, 0) is 0 Å². The summed E-state index contributed by atoms with van der Waals surface area (Å²) in [5.74, 6) is 0.448. The van der Waals surface area contributed by atoms with E-state index in [1.807, 2.05) is 0 Å². The molecule has 0 bridgehead atoms. The third kappa shape index (κ3) is 2.14. The van der Waals surface area contributed by atoms with Crippen molar-refractivity contribution in [2.75, 3.05) is 20.1 Å². The average Bonchev–Trinajstić information content (AvgIpc) is 2.27. The van der Waals surface area contributed by atoms with Gasteiger partial charge < -0.3 is 9.47 Å². The Morgan fingerprint density at radius 2 is 2.21 bits per heavy atom. The number of pyridine rings is 1. The highest BCUT2D eigenvalue weighted by molar-refractivity contribution is 6.30. The van der Waals surface area contributed by atoms with E-state index >= 15 is 0 Å². The minimum absolute atomic E-state index is 0.0937. The first-order valence-corrected chi connectivity index (χ1v) is 4.43. The number of hydrogen-bond acceptors (Lipinski definition) is 4. The van der Waals surface area contributed by atoms with Crippen molar-refractivity contribution in [3.8, 4) is 11.6 Å². The highest BCUT2D eigenvalue weighted by atomic mass is 35.5. The number of ketones is 1. The molecule has 1 aromatic heterocycles. The highest BCUT2D eigenvalue weighted by Gasteiger charge is 2.12. The van der Waals surface area contributed by atoms with Crippen molar-refractivity contribution in [3.05, 3.63) is 17.8 Å². The van der Waals surface area contributed by atoms with Crippen molar-refractivity contribution in [1.29, 1.82) is 0 Å². The van der Waals surface area contributed by atoms with Crippen molar-refractivity contribution in [2.45, 2.75) is 0 Å². The largest absolute Gasteiger partial charge is 0.494 e. The molecule has 0 aliphatic carbocycles. The second-order valence-electron chi connectivity index (χ2n) is 2.48. The van der Waals surface area contributed by atoms with E-state index in [2.05, 4.69) is 4.98 Å². The van der Waals surface area contributed by atoms with Crippen LogP contribution in [-0.4, -0.2) is 30.9 Å². The Labute approximate surface area is 86.8 Å². The first-order chi connectivity index (χ1) is 6.72. The number of aromatic nitrogens is 1. The van der Waals surface area contributed by atoms with Crippen LogP contribution in [0.5, 0.6) is 11.6 Å². The molecule has 1 aromatic rings. The second-order valence-corrected chi connectivity index (χ2v) is 2.75. The van der Waals surface area contributed by atoms with Gasteiger partial charge in [-0.25, -0.2) is 4.98 Å². The van der Waals surface area contributed by atoms with Crippen LogP contribution in [0.15, 0.2) is 12.3 Å². The molecule has 0 atom stereocenters. The number of carbonyl (C=O) groups excluding carboxylic acids is 1. The Morgan fingerprint density at radius 3 is 2.71 bits per heavy atom. The fourth-order valence-electron chi connectivity index (χ4n) is 0.988. The summed E-state index contributed by atoms with van der Waals surface area (Å²) in [4.78, 5) is 15.3. The number of Topliss-reactive ketones (excluding diaryl/α,β-unsaturated/α-hetero) is 1. The SMILES string of the molecule is COc1cc(C(=O)CCl)c(OC)cn1. The summed E-state index contributed by atoms with van der Waals surface area (Å²) >= 11 is 5.44. The number of methoxy groups -OCH3 is 2. The summed E-state index contributed by atoms with van der Waals surface area (Å²) in [5.41, 5.74) is 0.384. The van der Waals surface area contributed by atoms with Crippen molar-refractivity contribution in [1.82, 2.24) is 4.98 Å². The molecule has 1 heterocycles. The quantitative estimate of drug-likeness (QED) is 0.565. The number of nitrogens with zero attached hydrogens (tertiary/aromatic N) is 1. The molecule has 0 unspecified atom stereocenters. The summed E-state index contributed by atoms with van der Waals surface area (Å²) in [6, 6.07) is 1.50. The third-order valence-corrected chi connectivity index (χ3v) is 1.94. The monoisotopic (exact) mass is 215 g/mol. The molecular formula is C9H10ClNO3. The van der Waals surface area contributed by atoms with E-state index in [4.69, 9.17) is 21.1 Å². The predicted octanol–water partition coefficient (Wildman–Crippen LogP) is 1.52. The first-order valence-electron chi connectivity index (χ1n) is 3.90. The number of alkyl halides is 1. The van der Waals surface area contributed by atoms with Gasteiger partial charge in [0.25, 0.3) is 0 Å². The summed E-state index contributed by atoms with van der Waals surface area (Å²) in [6.07, 6.45) is 1.43. The highest BCUT2D eigenvalue weighted by Crippen LogP contribution is 2.21. The molecule has 5 heteroatoms. The van der Waals surface area contributed by atoms with Crippen LogP contribution in [0.2, 0.25) is 0 Å². The number of halogens is 1. The van der Waals surface area contributed by atoms with Crippen LogP contribution >= 0.6 is 11.6 Å². The number of ether oxygens (including phenoxy) is 2. The zero-order valence-corrected chi connectivity index (χ0v) is 8.67. The lowest BCUT2D eigenvalue weighted by Gasteiger charge is -2.06. The van der Waals surface area contributed by atoms with Gasteiger partial charge in [0.2, 0.25) is 5.88 Å². The predicted molar refractivity (Wildman–Crippen MR) is 52.4 cm³/mol. The van der Waals surface area contributed by atoms with Crippen molar-refractivity contribution in [3.63, 3.8) is 0 Å². The van der Waals surface area contributed by atoms with Gasteiger partial charge in [0.1, 0.15) is 5.75 Å². The standard InChI is InChI=1S/C9H10ClNO3/c1-13-8-5-11-9(14-2)3-6(8)7(12)4-10/h3,5H,4H2,1-2H3. The van der Waals surface area contributed by atoms with Crippen LogP contribution in [0.4, 0.5) is 0 Å². The minimum atomic E-state index is -0.218. The fraction of sp³-hybridized carbons (Fsp3) is 0.333.